The van der Waals surface area contributed by atoms with Crippen molar-refractivity contribution in [1.82, 2.24) is 15.5 Å². The van der Waals surface area contributed by atoms with E-state index in [-0.39, 0.29) is 20.0 Å². The second-order valence-corrected chi connectivity index (χ2v) is 11.0. The SMILES string of the molecule is CCCC[C@@H](COC(=O)N(Cc1ccc(N=[N+]=[N-])cc1)Cc1cccs1)NC(=O)N[C@@H](CCO)c1ccc2c(c1)OCO2. The number of carbonyl (C=O) groups excluding carboxylic acids is 2. The third-order valence-corrected chi connectivity index (χ3v) is 7.69. The Kier molecular flexibility index (Phi) is 11.9. The van der Waals surface area contributed by atoms with Crippen LogP contribution in [0.2, 0.25) is 0 Å². The molecule has 3 N–H and O–H groups in total. The summed E-state index contributed by atoms with van der Waals surface area (Å²) in [4.78, 5) is 31.8. The van der Waals surface area contributed by atoms with E-state index >= 15 is 0 Å². The maximum absolute atomic E-state index is 13.3. The summed E-state index contributed by atoms with van der Waals surface area (Å²) in [6.07, 6.45) is 2.17. The summed E-state index contributed by atoms with van der Waals surface area (Å²) in [5.41, 5.74) is 10.8. The Morgan fingerprint density at radius 2 is 1.93 bits per heavy atom. The molecular weight excluding hydrogens is 572 g/mol. The molecule has 43 heavy (non-hydrogen) atoms. The van der Waals surface area contributed by atoms with Gasteiger partial charge in [0.2, 0.25) is 6.79 Å². The fraction of sp³-hybridized carbons (Fsp3) is 0.400. The van der Waals surface area contributed by atoms with Gasteiger partial charge in [0.25, 0.3) is 0 Å². The summed E-state index contributed by atoms with van der Waals surface area (Å²) in [5, 5.41) is 21.1. The molecule has 0 fully saturated rings. The van der Waals surface area contributed by atoms with Crippen molar-refractivity contribution in [2.24, 2.45) is 5.11 Å². The van der Waals surface area contributed by atoms with Crippen LogP contribution in [0.25, 0.3) is 10.4 Å². The van der Waals surface area contributed by atoms with E-state index in [4.69, 9.17) is 19.7 Å². The molecule has 13 heteroatoms. The van der Waals surface area contributed by atoms with E-state index in [1.165, 1.54) is 0 Å². The molecule has 0 saturated heterocycles. The first-order valence-corrected chi connectivity index (χ1v) is 15.0. The molecule has 3 amide bonds. The Hall–Kier alpha value is -4.45. The number of thiophene rings is 1. The minimum Gasteiger partial charge on any atom is -0.454 e. The minimum absolute atomic E-state index is 0.00228. The molecular formula is C30H36N6O6S. The number of benzene rings is 2. The average molecular weight is 609 g/mol. The van der Waals surface area contributed by atoms with Gasteiger partial charge in [0, 0.05) is 28.6 Å². The lowest BCUT2D eigenvalue weighted by atomic mass is 10.0. The van der Waals surface area contributed by atoms with Gasteiger partial charge in [-0.2, -0.15) is 0 Å². The molecule has 1 aliphatic rings. The number of carbonyl (C=O) groups is 2. The number of azide groups is 1. The van der Waals surface area contributed by atoms with E-state index in [9.17, 15) is 14.7 Å². The highest BCUT2D eigenvalue weighted by Gasteiger charge is 2.23. The minimum atomic E-state index is -0.505. The number of aliphatic hydroxyl groups is 1. The van der Waals surface area contributed by atoms with Gasteiger partial charge in [-0.05, 0) is 53.1 Å². The topological polar surface area (TPSA) is 158 Å². The Labute approximate surface area is 254 Å². The van der Waals surface area contributed by atoms with E-state index in [0.717, 1.165) is 28.8 Å². The fourth-order valence-electron chi connectivity index (χ4n) is 4.59. The van der Waals surface area contributed by atoms with Gasteiger partial charge in [-0.1, -0.05) is 61.3 Å². The highest BCUT2D eigenvalue weighted by atomic mass is 32.1. The zero-order valence-electron chi connectivity index (χ0n) is 24.0. The maximum Gasteiger partial charge on any atom is 0.410 e. The smallest absolute Gasteiger partial charge is 0.410 e. The van der Waals surface area contributed by atoms with Gasteiger partial charge in [0.1, 0.15) is 6.61 Å². The number of hydrogen-bond acceptors (Lipinski definition) is 8. The third kappa shape index (κ3) is 9.53. The molecule has 12 nitrogen and oxygen atoms in total. The number of ether oxygens (including phenoxy) is 3. The fourth-order valence-corrected chi connectivity index (χ4v) is 5.31. The van der Waals surface area contributed by atoms with Crippen molar-refractivity contribution in [2.75, 3.05) is 20.0 Å². The van der Waals surface area contributed by atoms with Crippen LogP contribution in [0.1, 0.15) is 54.7 Å². The largest absolute Gasteiger partial charge is 0.454 e. The summed E-state index contributed by atoms with van der Waals surface area (Å²) >= 11 is 1.54. The Bertz CT molecular complexity index is 1380. The van der Waals surface area contributed by atoms with Crippen LogP contribution in [0.15, 0.2) is 65.1 Å². The first-order chi connectivity index (χ1) is 21.0. The molecule has 0 radical (unpaired) electrons. The number of unbranched alkanes of at least 4 members (excludes halogenated alkanes) is 1. The number of aliphatic hydroxyl groups excluding tert-OH is 1. The number of fused-ring (bicyclic) bond motifs is 1. The molecule has 1 aromatic heterocycles. The first kappa shape index (κ1) is 31.5. The van der Waals surface area contributed by atoms with Gasteiger partial charge in [0.15, 0.2) is 11.5 Å². The van der Waals surface area contributed by atoms with E-state index in [1.807, 2.05) is 23.6 Å². The second kappa shape index (κ2) is 16.3. The van der Waals surface area contributed by atoms with Gasteiger partial charge < -0.3 is 30.0 Å². The van der Waals surface area contributed by atoms with Crippen LogP contribution >= 0.6 is 11.3 Å². The van der Waals surface area contributed by atoms with Crippen LogP contribution in [0, 0.1) is 0 Å². The quantitative estimate of drug-likeness (QED) is 0.101. The van der Waals surface area contributed by atoms with Crippen molar-refractivity contribution in [3.05, 3.63) is 86.4 Å². The first-order valence-electron chi connectivity index (χ1n) is 14.1. The average Bonchev–Trinajstić information content (AvgIpc) is 3.71. The lowest BCUT2D eigenvalue weighted by Gasteiger charge is -2.25. The third-order valence-electron chi connectivity index (χ3n) is 6.83. The van der Waals surface area contributed by atoms with Crippen molar-refractivity contribution >= 4 is 29.1 Å². The normalized spacial score (nSPS) is 13.0. The molecule has 2 atom stereocenters. The van der Waals surface area contributed by atoms with E-state index < -0.39 is 24.2 Å². The molecule has 1 aliphatic heterocycles. The molecule has 0 unspecified atom stereocenters. The molecule has 2 aromatic carbocycles. The summed E-state index contributed by atoms with van der Waals surface area (Å²) in [6.45, 7) is 2.72. The highest BCUT2D eigenvalue weighted by Crippen LogP contribution is 2.34. The molecule has 0 spiro atoms. The summed E-state index contributed by atoms with van der Waals surface area (Å²) in [7, 11) is 0. The van der Waals surface area contributed by atoms with E-state index in [2.05, 4.69) is 27.6 Å². The zero-order chi connectivity index (χ0) is 30.4. The number of urea groups is 1. The molecule has 2 heterocycles. The Morgan fingerprint density at radius 3 is 2.65 bits per heavy atom. The van der Waals surface area contributed by atoms with Crippen molar-refractivity contribution in [1.29, 1.82) is 0 Å². The number of hydrogen-bond donors (Lipinski definition) is 3. The number of nitrogens with one attached hydrogen (secondary N) is 2. The molecule has 0 saturated carbocycles. The summed E-state index contributed by atoms with van der Waals surface area (Å²) < 4.78 is 16.6. The lowest BCUT2D eigenvalue weighted by molar-refractivity contribution is 0.0876. The summed E-state index contributed by atoms with van der Waals surface area (Å²) in [6, 6.07) is 15.0. The number of nitrogens with zero attached hydrogens (tertiary/aromatic N) is 4. The van der Waals surface area contributed by atoms with Crippen LogP contribution in [-0.2, 0) is 17.8 Å². The van der Waals surface area contributed by atoms with Crippen molar-refractivity contribution in [3.8, 4) is 11.5 Å². The van der Waals surface area contributed by atoms with Crippen LogP contribution in [0.5, 0.6) is 11.5 Å². The predicted octanol–water partition coefficient (Wildman–Crippen LogP) is 6.54. The van der Waals surface area contributed by atoms with E-state index in [1.54, 1.807) is 52.6 Å². The van der Waals surface area contributed by atoms with Gasteiger partial charge in [-0.25, -0.2) is 9.59 Å². The lowest BCUT2D eigenvalue weighted by Crippen LogP contribution is -2.46. The Morgan fingerprint density at radius 1 is 1.12 bits per heavy atom. The number of amides is 3. The Balaban J connectivity index is 1.38. The van der Waals surface area contributed by atoms with Crippen LogP contribution in [-0.4, -0.2) is 48.2 Å². The molecule has 0 bridgehead atoms. The van der Waals surface area contributed by atoms with Gasteiger partial charge >= 0.3 is 12.1 Å². The standard InChI is InChI=1S/C30H36N6O6S/c1-2-3-5-24(32-29(38)33-26(13-14-37)22-9-12-27-28(16-22)42-20-41-27)19-40-30(39)36(18-25-6-4-15-43-25)17-21-7-10-23(11-8-21)34-35-31/h4,6-12,15-16,24,26,37H,2-3,5,13-14,17-20H2,1H3,(H2,32,33,38)/t24-,26-/m0/s1. The van der Waals surface area contributed by atoms with Gasteiger partial charge in [-0.15, -0.1) is 11.3 Å². The molecule has 3 aromatic rings. The van der Waals surface area contributed by atoms with Crippen molar-refractivity contribution in [3.63, 3.8) is 0 Å². The molecule has 4 rings (SSSR count). The van der Waals surface area contributed by atoms with Crippen molar-refractivity contribution in [2.45, 2.75) is 57.8 Å². The van der Waals surface area contributed by atoms with Gasteiger partial charge in [-0.3, -0.25) is 4.90 Å². The van der Waals surface area contributed by atoms with Crippen LogP contribution < -0.4 is 20.1 Å². The van der Waals surface area contributed by atoms with Crippen molar-refractivity contribution < 1.29 is 28.9 Å². The van der Waals surface area contributed by atoms with Crippen LogP contribution in [0.4, 0.5) is 15.3 Å². The molecule has 228 valence electrons. The monoisotopic (exact) mass is 608 g/mol. The second-order valence-electron chi connectivity index (χ2n) is 10.0. The molecule has 0 aliphatic carbocycles. The zero-order valence-corrected chi connectivity index (χ0v) is 24.8. The van der Waals surface area contributed by atoms with Gasteiger partial charge in [0.05, 0.1) is 18.6 Å². The summed E-state index contributed by atoms with van der Waals surface area (Å²) in [5.74, 6) is 1.23. The predicted molar refractivity (Wildman–Crippen MR) is 162 cm³/mol. The van der Waals surface area contributed by atoms with E-state index in [0.29, 0.717) is 43.1 Å². The number of rotatable bonds is 15. The highest BCUT2D eigenvalue weighted by molar-refractivity contribution is 7.09. The van der Waals surface area contributed by atoms with Crippen LogP contribution in [0.3, 0.4) is 0 Å². The maximum atomic E-state index is 13.3.